The standard InChI is InChI=1S/C12H12N2/c1-7-4-5-8(2)12-11(7)9(3)10(6-13)14-12/h4-5,14H,1-3H3. The van der Waals surface area contributed by atoms with E-state index in [1.54, 1.807) is 0 Å². The maximum Gasteiger partial charge on any atom is 0.121 e. The van der Waals surface area contributed by atoms with E-state index in [9.17, 15) is 0 Å². The zero-order valence-corrected chi connectivity index (χ0v) is 8.60. The molecule has 0 amide bonds. The molecule has 0 fully saturated rings. The molecule has 2 rings (SSSR count). The van der Waals surface area contributed by atoms with E-state index in [1.165, 1.54) is 16.5 Å². The number of aryl methyl sites for hydroxylation is 3. The summed E-state index contributed by atoms with van der Waals surface area (Å²) in [6.07, 6.45) is 0. The van der Waals surface area contributed by atoms with Gasteiger partial charge in [-0.15, -0.1) is 0 Å². The first-order chi connectivity index (χ1) is 6.65. The van der Waals surface area contributed by atoms with E-state index in [-0.39, 0.29) is 0 Å². The molecule has 70 valence electrons. The summed E-state index contributed by atoms with van der Waals surface area (Å²) in [4.78, 5) is 3.16. The van der Waals surface area contributed by atoms with Crippen molar-refractivity contribution in [1.82, 2.24) is 4.98 Å². The molecule has 1 aromatic heterocycles. The molecule has 0 unspecified atom stereocenters. The number of rotatable bonds is 0. The third kappa shape index (κ3) is 1.03. The number of benzene rings is 1. The monoisotopic (exact) mass is 184 g/mol. The van der Waals surface area contributed by atoms with Crippen molar-refractivity contribution < 1.29 is 0 Å². The Labute approximate surface area is 83.2 Å². The number of nitrogens with zero attached hydrogens (tertiary/aromatic N) is 1. The van der Waals surface area contributed by atoms with Crippen molar-refractivity contribution in [1.29, 1.82) is 5.26 Å². The summed E-state index contributed by atoms with van der Waals surface area (Å²) in [5.74, 6) is 0. The van der Waals surface area contributed by atoms with Gasteiger partial charge in [-0.1, -0.05) is 12.1 Å². The molecule has 0 atom stereocenters. The minimum atomic E-state index is 0.678. The van der Waals surface area contributed by atoms with Crippen LogP contribution in [0.3, 0.4) is 0 Å². The topological polar surface area (TPSA) is 39.6 Å². The Morgan fingerprint density at radius 3 is 2.36 bits per heavy atom. The molecular weight excluding hydrogens is 172 g/mol. The molecule has 0 spiro atoms. The van der Waals surface area contributed by atoms with E-state index in [4.69, 9.17) is 5.26 Å². The Morgan fingerprint density at radius 2 is 1.79 bits per heavy atom. The zero-order chi connectivity index (χ0) is 10.3. The van der Waals surface area contributed by atoms with Gasteiger partial charge in [-0.05, 0) is 37.5 Å². The third-order valence-corrected chi connectivity index (χ3v) is 2.73. The maximum atomic E-state index is 8.92. The van der Waals surface area contributed by atoms with E-state index >= 15 is 0 Å². The second-order valence-electron chi connectivity index (χ2n) is 3.69. The van der Waals surface area contributed by atoms with Crippen LogP contribution in [0.2, 0.25) is 0 Å². The molecule has 2 heteroatoms. The minimum absolute atomic E-state index is 0.678. The van der Waals surface area contributed by atoms with Crippen molar-refractivity contribution in [3.63, 3.8) is 0 Å². The van der Waals surface area contributed by atoms with Crippen molar-refractivity contribution in [3.05, 3.63) is 34.5 Å². The molecule has 14 heavy (non-hydrogen) atoms. The van der Waals surface area contributed by atoms with Crippen LogP contribution < -0.4 is 0 Å². The molecular formula is C12H12N2. The predicted molar refractivity (Wildman–Crippen MR) is 57.2 cm³/mol. The lowest BCUT2D eigenvalue weighted by Crippen LogP contribution is -1.80. The van der Waals surface area contributed by atoms with E-state index in [0.29, 0.717) is 5.69 Å². The lowest BCUT2D eigenvalue weighted by atomic mass is 10.0. The Morgan fingerprint density at radius 1 is 1.14 bits per heavy atom. The highest BCUT2D eigenvalue weighted by molar-refractivity contribution is 5.90. The largest absolute Gasteiger partial charge is 0.346 e. The normalized spacial score (nSPS) is 10.4. The van der Waals surface area contributed by atoms with Gasteiger partial charge in [0.15, 0.2) is 0 Å². The van der Waals surface area contributed by atoms with Crippen LogP contribution >= 0.6 is 0 Å². The number of fused-ring (bicyclic) bond motifs is 1. The Balaban J connectivity index is 2.99. The van der Waals surface area contributed by atoms with Crippen LogP contribution in [-0.4, -0.2) is 4.98 Å². The van der Waals surface area contributed by atoms with Crippen LogP contribution in [0.5, 0.6) is 0 Å². The van der Waals surface area contributed by atoms with Crippen molar-refractivity contribution in [2.75, 3.05) is 0 Å². The number of nitriles is 1. The quantitative estimate of drug-likeness (QED) is 0.671. The highest BCUT2D eigenvalue weighted by Gasteiger charge is 2.10. The molecule has 0 aliphatic rings. The second kappa shape index (κ2) is 2.88. The first-order valence-electron chi connectivity index (χ1n) is 4.63. The highest BCUT2D eigenvalue weighted by Crippen LogP contribution is 2.26. The van der Waals surface area contributed by atoms with Gasteiger partial charge in [-0.25, -0.2) is 0 Å². The van der Waals surface area contributed by atoms with Crippen LogP contribution in [-0.2, 0) is 0 Å². The molecule has 0 aliphatic heterocycles. The number of aromatic amines is 1. The van der Waals surface area contributed by atoms with Crippen LogP contribution in [0.4, 0.5) is 0 Å². The third-order valence-electron chi connectivity index (χ3n) is 2.73. The fourth-order valence-corrected chi connectivity index (χ4v) is 1.91. The van der Waals surface area contributed by atoms with Gasteiger partial charge in [-0.3, -0.25) is 0 Å². The fraction of sp³-hybridized carbons (Fsp3) is 0.250. The summed E-state index contributed by atoms with van der Waals surface area (Å²) in [6, 6.07) is 6.36. The minimum Gasteiger partial charge on any atom is -0.346 e. The molecule has 0 bridgehead atoms. The number of hydrogen-bond acceptors (Lipinski definition) is 1. The van der Waals surface area contributed by atoms with Crippen molar-refractivity contribution in [2.45, 2.75) is 20.8 Å². The van der Waals surface area contributed by atoms with Gasteiger partial charge in [0.2, 0.25) is 0 Å². The van der Waals surface area contributed by atoms with Gasteiger partial charge in [0.25, 0.3) is 0 Å². The molecule has 1 heterocycles. The first kappa shape index (κ1) is 8.83. The molecule has 2 aromatic rings. The summed E-state index contributed by atoms with van der Waals surface area (Å²) >= 11 is 0. The van der Waals surface area contributed by atoms with E-state index in [2.05, 4.69) is 37.0 Å². The number of hydrogen-bond donors (Lipinski definition) is 1. The van der Waals surface area contributed by atoms with Gasteiger partial charge in [0.05, 0.1) is 0 Å². The van der Waals surface area contributed by atoms with E-state index < -0.39 is 0 Å². The van der Waals surface area contributed by atoms with Crippen LogP contribution in [0, 0.1) is 32.1 Å². The summed E-state index contributed by atoms with van der Waals surface area (Å²) in [7, 11) is 0. The molecule has 0 radical (unpaired) electrons. The SMILES string of the molecule is Cc1ccc(C)c2c(C)c(C#N)[nH]c12. The molecule has 0 saturated heterocycles. The average molecular weight is 184 g/mol. The Kier molecular flexibility index (Phi) is 1.82. The van der Waals surface area contributed by atoms with Gasteiger partial charge in [-0.2, -0.15) is 5.26 Å². The Hall–Kier alpha value is -1.75. The summed E-state index contributed by atoms with van der Waals surface area (Å²) in [6.45, 7) is 6.12. The van der Waals surface area contributed by atoms with Crippen molar-refractivity contribution in [2.24, 2.45) is 0 Å². The smallest absolute Gasteiger partial charge is 0.121 e. The maximum absolute atomic E-state index is 8.92. The molecule has 1 aromatic carbocycles. The van der Waals surface area contributed by atoms with Crippen LogP contribution in [0.15, 0.2) is 12.1 Å². The zero-order valence-electron chi connectivity index (χ0n) is 8.60. The summed E-state index contributed by atoms with van der Waals surface area (Å²) < 4.78 is 0. The van der Waals surface area contributed by atoms with Crippen molar-refractivity contribution in [3.8, 4) is 6.07 Å². The van der Waals surface area contributed by atoms with Gasteiger partial charge < -0.3 is 4.98 Å². The summed E-state index contributed by atoms with van der Waals surface area (Å²) in [5, 5.41) is 10.1. The molecule has 2 nitrogen and oxygen atoms in total. The highest BCUT2D eigenvalue weighted by atomic mass is 14.7. The average Bonchev–Trinajstić information content (AvgIpc) is 2.51. The van der Waals surface area contributed by atoms with E-state index in [1.807, 2.05) is 6.92 Å². The van der Waals surface area contributed by atoms with Gasteiger partial charge >= 0.3 is 0 Å². The second-order valence-corrected chi connectivity index (χ2v) is 3.69. The van der Waals surface area contributed by atoms with Crippen molar-refractivity contribution >= 4 is 10.9 Å². The first-order valence-corrected chi connectivity index (χ1v) is 4.63. The van der Waals surface area contributed by atoms with Gasteiger partial charge in [0, 0.05) is 10.9 Å². The lowest BCUT2D eigenvalue weighted by molar-refractivity contribution is 1.32. The molecule has 0 aliphatic carbocycles. The fourth-order valence-electron chi connectivity index (χ4n) is 1.91. The van der Waals surface area contributed by atoms with Crippen LogP contribution in [0.1, 0.15) is 22.4 Å². The Bertz CT molecular complexity index is 541. The predicted octanol–water partition coefficient (Wildman–Crippen LogP) is 2.96. The van der Waals surface area contributed by atoms with Crippen LogP contribution in [0.25, 0.3) is 10.9 Å². The number of aromatic nitrogens is 1. The van der Waals surface area contributed by atoms with Gasteiger partial charge in [0.1, 0.15) is 11.8 Å². The number of nitrogens with one attached hydrogen (secondary N) is 1. The molecule has 0 saturated carbocycles. The number of H-pyrrole nitrogens is 1. The van der Waals surface area contributed by atoms with E-state index in [0.717, 1.165) is 11.1 Å². The lowest BCUT2D eigenvalue weighted by Gasteiger charge is -2.00. The summed E-state index contributed by atoms with van der Waals surface area (Å²) in [5.41, 5.74) is 5.25. The molecule has 1 N–H and O–H groups in total.